The van der Waals surface area contributed by atoms with E-state index in [0.717, 1.165) is 44.0 Å². The van der Waals surface area contributed by atoms with Gasteiger partial charge in [-0.25, -0.2) is 4.79 Å². The Morgan fingerprint density at radius 3 is 3.14 bits per heavy atom. The van der Waals surface area contributed by atoms with E-state index in [1.807, 2.05) is 0 Å². The number of carbonyl (C=O) groups is 1. The molecule has 3 heterocycles. The van der Waals surface area contributed by atoms with Crippen molar-refractivity contribution in [1.82, 2.24) is 35.1 Å². The van der Waals surface area contributed by atoms with Crippen LogP contribution in [0.4, 0.5) is 10.6 Å². The first kappa shape index (κ1) is 13.5. The normalized spacial score (nSPS) is 13.2. The summed E-state index contributed by atoms with van der Waals surface area (Å²) in [5.41, 5.74) is 0. The summed E-state index contributed by atoms with van der Waals surface area (Å²) in [5, 5.41) is 21.4. The van der Waals surface area contributed by atoms with Crippen molar-refractivity contribution in [3.05, 3.63) is 17.8 Å². The SMILES string of the molecule is CCCn1cc(NC(=O)NCc2nnc3n2CCC3)nn1. The van der Waals surface area contributed by atoms with E-state index in [2.05, 4.69) is 42.6 Å². The molecule has 21 heavy (non-hydrogen) atoms. The molecule has 2 N–H and O–H groups in total. The van der Waals surface area contributed by atoms with E-state index in [9.17, 15) is 4.79 Å². The third-order valence-corrected chi connectivity index (χ3v) is 3.33. The van der Waals surface area contributed by atoms with Crippen molar-refractivity contribution >= 4 is 11.8 Å². The van der Waals surface area contributed by atoms with Gasteiger partial charge in [0.25, 0.3) is 0 Å². The van der Waals surface area contributed by atoms with Crippen molar-refractivity contribution in [3.63, 3.8) is 0 Å². The third-order valence-electron chi connectivity index (χ3n) is 3.33. The molecule has 0 radical (unpaired) electrons. The lowest BCUT2D eigenvalue weighted by Crippen LogP contribution is -2.29. The van der Waals surface area contributed by atoms with Crippen molar-refractivity contribution in [1.29, 1.82) is 0 Å². The molecule has 1 aliphatic heterocycles. The van der Waals surface area contributed by atoms with E-state index in [4.69, 9.17) is 0 Å². The minimum Gasteiger partial charge on any atom is -0.331 e. The van der Waals surface area contributed by atoms with E-state index >= 15 is 0 Å². The van der Waals surface area contributed by atoms with E-state index in [0.29, 0.717) is 12.4 Å². The summed E-state index contributed by atoms with van der Waals surface area (Å²) in [5.74, 6) is 2.22. The van der Waals surface area contributed by atoms with Gasteiger partial charge in [0, 0.05) is 19.5 Å². The van der Waals surface area contributed by atoms with Gasteiger partial charge in [0.2, 0.25) is 0 Å². The Balaban J connectivity index is 1.51. The lowest BCUT2D eigenvalue weighted by molar-refractivity contribution is 0.251. The zero-order valence-corrected chi connectivity index (χ0v) is 11.9. The monoisotopic (exact) mass is 290 g/mol. The number of nitrogens with one attached hydrogen (secondary N) is 2. The molecule has 2 amide bonds. The highest BCUT2D eigenvalue weighted by Crippen LogP contribution is 2.13. The Labute approximate surface area is 121 Å². The Morgan fingerprint density at radius 1 is 1.38 bits per heavy atom. The highest BCUT2D eigenvalue weighted by molar-refractivity contribution is 5.87. The summed E-state index contributed by atoms with van der Waals surface area (Å²) in [7, 11) is 0. The molecule has 0 aromatic carbocycles. The lowest BCUT2D eigenvalue weighted by atomic mass is 10.4. The van der Waals surface area contributed by atoms with Crippen LogP contribution in [0.15, 0.2) is 6.20 Å². The third kappa shape index (κ3) is 3.01. The van der Waals surface area contributed by atoms with Gasteiger partial charge in [-0.3, -0.25) is 10.00 Å². The number of nitrogens with zero attached hydrogens (tertiary/aromatic N) is 6. The predicted octanol–water partition coefficient (Wildman–Crippen LogP) is 0.547. The molecule has 112 valence electrons. The molecule has 0 unspecified atom stereocenters. The van der Waals surface area contributed by atoms with E-state index in [1.165, 1.54) is 0 Å². The molecule has 0 saturated heterocycles. The Kier molecular flexibility index (Phi) is 3.80. The van der Waals surface area contributed by atoms with Gasteiger partial charge in [-0.1, -0.05) is 12.1 Å². The van der Waals surface area contributed by atoms with Crippen molar-refractivity contribution in [2.24, 2.45) is 0 Å². The number of fused-ring (bicyclic) bond motifs is 1. The van der Waals surface area contributed by atoms with Crippen LogP contribution in [0.2, 0.25) is 0 Å². The van der Waals surface area contributed by atoms with Crippen LogP contribution < -0.4 is 10.6 Å². The second-order valence-corrected chi connectivity index (χ2v) is 4.96. The van der Waals surface area contributed by atoms with Crippen molar-refractivity contribution in [2.45, 2.75) is 45.8 Å². The maximum atomic E-state index is 11.8. The molecule has 9 nitrogen and oxygen atoms in total. The fourth-order valence-electron chi connectivity index (χ4n) is 2.36. The molecular formula is C12H18N8O. The smallest absolute Gasteiger partial charge is 0.320 e. The van der Waals surface area contributed by atoms with Crippen LogP contribution in [0.5, 0.6) is 0 Å². The number of rotatable bonds is 5. The number of hydrogen-bond acceptors (Lipinski definition) is 5. The zero-order valence-electron chi connectivity index (χ0n) is 11.9. The van der Waals surface area contributed by atoms with Gasteiger partial charge in [0.05, 0.1) is 12.7 Å². The molecule has 3 rings (SSSR count). The topological polar surface area (TPSA) is 103 Å². The van der Waals surface area contributed by atoms with E-state index < -0.39 is 0 Å². The summed E-state index contributed by atoms with van der Waals surface area (Å²) >= 11 is 0. The minimum atomic E-state index is -0.325. The van der Waals surface area contributed by atoms with Gasteiger partial charge in [0.15, 0.2) is 11.6 Å². The fourth-order valence-corrected chi connectivity index (χ4v) is 2.36. The molecular weight excluding hydrogens is 272 g/mol. The van der Waals surface area contributed by atoms with Crippen molar-refractivity contribution in [2.75, 3.05) is 5.32 Å². The van der Waals surface area contributed by atoms with Crippen LogP contribution in [-0.2, 0) is 26.1 Å². The van der Waals surface area contributed by atoms with Crippen molar-refractivity contribution in [3.8, 4) is 0 Å². The summed E-state index contributed by atoms with van der Waals surface area (Å²) in [6.07, 6.45) is 4.72. The first-order valence-electron chi connectivity index (χ1n) is 7.12. The second-order valence-electron chi connectivity index (χ2n) is 4.96. The van der Waals surface area contributed by atoms with Gasteiger partial charge in [-0.2, -0.15) is 0 Å². The first-order valence-corrected chi connectivity index (χ1v) is 7.12. The molecule has 0 fully saturated rings. The zero-order chi connectivity index (χ0) is 14.7. The molecule has 2 aromatic rings. The molecule has 0 spiro atoms. The van der Waals surface area contributed by atoms with Gasteiger partial charge in [0.1, 0.15) is 5.82 Å². The quantitative estimate of drug-likeness (QED) is 0.837. The van der Waals surface area contributed by atoms with Crippen molar-refractivity contribution < 1.29 is 4.79 Å². The number of aromatic nitrogens is 6. The summed E-state index contributed by atoms with van der Waals surface area (Å²) < 4.78 is 3.75. The minimum absolute atomic E-state index is 0.325. The van der Waals surface area contributed by atoms with Gasteiger partial charge >= 0.3 is 6.03 Å². The lowest BCUT2D eigenvalue weighted by Gasteiger charge is -2.05. The maximum Gasteiger partial charge on any atom is 0.320 e. The number of urea groups is 1. The second kappa shape index (κ2) is 5.90. The Bertz CT molecular complexity index is 631. The molecule has 0 bridgehead atoms. The predicted molar refractivity (Wildman–Crippen MR) is 74.5 cm³/mol. The highest BCUT2D eigenvalue weighted by atomic mass is 16.2. The van der Waals surface area contributed by atoms with Crippen LogP contribution in [0, 0.1) is 0 Å². The maximum absolute atomic E-state index is 11.8. The Morgan fingerprint density at radius 2 is 2.29 bits per heavy atom. The molecule has 2 aromatic heterocycles. The molecule has 0 atom stereocenters. The Hall–Kier alpha value is -2.45. The van der Waals surface area contributed by atoms with Gasteiger partial charge in [-0.15, -0.1) is 15.3 Å². The molecule has 0 aliphatic carbocycles. The average Bonchev–Trinajstić information content (AvgIpc) is 3.14. The number of hydrogen-bond donors (Lipinski definition) is 2. The van der Waals surface area contributed by atoms with E-state index in [-0.39, 0.29) is 6.03 Å². The standard InChI is InChI=1S/C12H18N8O/c1-2-5-19-8-9(15-18-19)14-12(21)13-7-11-17-16-10-4-3-6-20(10)11/h8H,2-7H2,1H3,(H2,13,14,21). The van der Waals surface area contributed by atoms with Crippen LogP contribution >= 0.6 is 0 Å². The molecule has 9 heteroatoms. The van der Waals surface area contributed by atoms with Gasteiger partial charge < -0.3 is 9.88 Å². The summed E-state index contributed by atoms with van der Waals surface area (Å²) in [4.78, 5) is 11.8. The first-order chi connectivity index (χ1) is 10.3. The van der Waals surface area contributed by atoms with Crippen LogP contribution in [0.1, 0.15) is 31.4 Å². The number of aryl methyl sites for hydroxylation is 2. The highest BCUT2D eigenvalue weighted by Gasteiger charge is 2.17. The average molecular weight is 290 g/mol. The van der Waals surface area contributed by atoms with E-state index in [1.54, 1.807) is 10.9 Å². The fraction of sp³-hybridized carbons (Fsp3) is 0.583. The van der Waals surface area contributed by atoms with Gasteiger partial charge in [-0.05, 0) is 12.8 Å². The number of anilines is 1. The number of carbonyl (C=O) groups excluding carboxylic acids is 1. The molecule has 1 aliphatic rings. The largest absolute Gasteiger partial charge is 0.331 e. The van der Waals surface area contributed by atoms with Crippen LogP contribution in [0.3, 0.4) is 0 Å². The van der Waals surface area contributed by atoms with Crippen LogP contribution in [0.25, 0.3) is 0 Å². The molecule has 0 saturated carbocycles. The summed E-state index contributed by atoms with van der Waals surface area (Å²) in [6, 6.07) is -0.325. The summed E-state index contributed by atoms with van der Waals surface area (Å²) in [6.45, 7) is 4.11. The number of amides is 2. The van der Waals surface area contributed by atoms with Crippen LogP contribution in [-0.4, -0.2) is 35.8 Å².